The Kier molecular flexibility index (Phi) is 5.14. The number of carbonyl (C=O) groups excluding carboxylic acids is 1. The minimum Gasteiger partial charge on any atom is -0.489 e. The number of hydrogen-bond acceptors (Lipinski definition) is 3. The molecule has 1 aliphatic rings. The molecule has 0 unspecified atom stereocenters. The topological polar surface area (TPSA) is 41.9 Å². The van der Waals surface area contributed by atoms with Gasteiger partial charge in [-0.25, -0.2) is 0 Å². The van der Waals surface area contributed by atoms with Crippen LogP contribution in [-0.2, 0) is 4.79 Å². The fourth-order valence-electron chi connectivity index (χ4n) is 2.48. The van der Waals surface area contributed by atoms with E-state index in [1.165, 1.54) is 5.01 Å². The van der Waals surface area contributed by atoms with Gasteiger partial charge in [0.1, 0.15) is 12.4 Å². The van der Waals surface area contributed by atoms with Gasteiger partial charge >= 0.3 is 0 Å². The van der Waals surface area contributed by atoms with Gasteiger partial charge in [0.25, 0.3) is 5.91 Å². The van der Waals surface area contributed by atoms with Gasteiger partial charge in [-0.1, -0.05) is 46.8 Å². The molecular weight excluding hydrogens is 380 g/mol. The van der Waals surface area contributed by atoms with E-state index in [1.807, 2.05) is 61.5 Å². The molecule has 126 valence electrons. The van der Waals surface area contributed by atoms with Crippen molar-refractivity contribution >= 4 is 39.3 Å². The van der Waals surface area contributed by atoms with Crippen molar-refractivity contribution in [2.75, 3.05) is 11.6 Å². The lowest BCUT2D eigenvalue weighted by atomic mass is 10.1. The molecule has 1 amide bonds. The summed E-state index contributed by atoms with van der Waals surface area (Å²) in [6.07, 6.45) is 3.51. The highest BCUT2D eigenvalue weighted by molar-refractivity contribution is 9.10. The van der Waals surface area contributed by atoms with Crippen molar-refractivity contribution in [3.05, 3.63) is 76.8 Å². The molecule has 0 radical (unpaired) electrons. The Morgan fingerprint density at radius 1 is 1.20 bits per heavy atom. The van der Waals surface area contributed by atoms with Gasteiger partial charge in [-0.15, -0.1) is 0 Å². The van der Waals surface area contributed by atoms with E-state index in [9.17, 15) is 4.79 Å². The summed E-state index contributed by atoms with van der Waals surface area (Å²) in [6, 6.07) is 15.0. The average molecular weight is 397 g/mol. The number of ether oxygens (including phenoxy) is 1. The van der Waals surface area contributed by atoms with Crippen LogP contribution in [0.15, 0.2) is 76.3 Å². The SMILES string of the molecule is C=CCOc1ccccc1C=C1C(=O)N(c2ccc(Br)cc2)N=C1C. The number of amides is 1. The molecule has 1 heterocycles. The van der Waals surface area contributed by atoms with Crippen LogP contribution in [-0.4, -0.2) is 18.2 Å². The van der Waals surface area contributed by atoms with Gasteiger partial charge in [0.2, 0.25) is 0 Å². The number of hydrazone groups is 1. The Balaban J connectivity index is 1.92. The van der Waals surface area contributed by atoms with Crippen LogP contribution in [0.2, 0.25) is 0 Å². The molecule has 2 aromatic carbocycles. The van der Waals surface area contributed by atoms with E-state index in [1.54, 1.807) is 6.08 Å². The Labute approximate surface area is 155 Å². The number of para-hydroxylation sites is 1. The number of rotatable bonds is 5. The maximum absolute atomic E-state index is 12.8. The molecule has 0 bridgehead atoms. The van der Waals surface area contributed by atoms with E-state index in [0.717, 1.165) is 15.7 Å². The van der Waals surface area contributed by atoms with Crippen LogP contribution in [0.3, 0.4) is 0 Å². The highest BCUT2D eigenvalue weighted by Gasteiger charge is 2.28. The molecule has 3 rings (SSSR count). The van der Waals surface area contributed by atoms with Crippen molar-refractivity contribution in [1.29, 1.82) is 0 Å². The third-order valence-electron chi connectivity index (χ3n) is 3.71. The first-order valence-corrected chi connectivity index (χ1v) is 8.59. The van der Waals surface area contributed by atoms with Crippen molar-refractivity contribution in [3.8, 4) is 5.75 Å². The molecule has 2 aromatic rings. The predicted octanol–water partition coefficient (Wildman–Crippen LogP) is 4.82. The van der Waals surface area contributed by atoms with Crippen LogP contribution in [0.4, 0.5) is 5.69 Å². The summed E-state index contributed by atoms with van der Waals surface area (Å²) >= 11 is 3.39. The third kappa shape index (κ3) is 3.72. The average Bonchev–Trinajstić information content (AvgIpc) is 2.90. The van der Waals surface area contributed by atoms with Crippen molar-refractivity contribution in [1.82, 2.24) is 0 Å². The molecule has 0 spiro atoms. The minimum absolute atomic E-state index is 0.154. The predicted molar refractivity (Wildman–Crippen MR) is 105 cm³/mol. The Morgan fingerprint density at radius 3 is 2.64 bits per heavy atom. The maximum atomic E-state index is 12.8. The van der Waals surface area contributed by atoms with Gasteiger partial charge in [-0.3, -0.25) is 4.79 Å². The highest BCUT2D eigenvalue weighted by atomic mass is 79.9. The van der Waals surface area contributed by atoms with E-state index in [2.05, 4.69) is 27.6 Å². The molecule has 5 heteroatoms. The summed E-state index contributed by atoms with van der Waals surface area (Å²) in [5.74, 6) is 0.552. The van der Waals surface area contributed by atoms with Crippen LogP contribution in [0.25, 0.3) is 6.08 Å². The second kappa shape index (κ2) is 7.49. The quantitative estimate of drug-likeness (QED) is 0.536. The van der Waals surface area contributed by atoms with Crippen molar-refractivity contribution in [2.45, 2.75) is 6.92 Å². The van der Waals surface area contributed by atoms with Crippen LogP contribution >= 0.6 is 15.9 Å². The number of hydrogen-bond donors (Lipinski definition) is 0. The highest BCUT2D eigenvalue weighted by Crippen LogP contribution is 2.28. The fraction of sp³-hybridized carbons (Fsp3) is 0.100. The van der Waals surface area contributed by atoms with Gasteiger partial charge in [-0.2, -0.15) is 10.1 Å². The Hall–Kier alpha value is -2.66. The molecule has 0 aromatic heterocycles. The van der Waals surface area contributed by atoms with E-state index < -0.39 is 0 Å². The summed E-state index contributed by atoms with van der Waals surface area (Å²) < 4.78 is 6.61. The summed E-state index contributed by atoms with van der Waals surface area (Å²) in [7, 11) is 0. The van der Waals surface area contributed by atoms with Crippen molar-refractivity contribution < 1.29 is 9.53 Å². The van der Waals surface area contributed by atoms with Gasteiger partial charge < -0.3 is 4.74 Å². The van der Waals surface area contributed by atoms with Gasteiger partial charge in [0.05, 0.1) is 17.0 Å². The minimum atomic E-state index is -0.154. The third-order valence-corrected chi connectivity index (χ3v) is 4.24. The van der Waals surface area contributed by atoms with Crippen LogP contribution in [0.1, 0.15) is 12.5 Å². The lowest BCUT2D eigenvalue weighted by molar-refractivity contribution is -0.114. The molecule has 0 saturated carbocycles. The van der Waals surface area contributed by atoms with Crippen molar-refractivity contribution in [3.63, 3.8) is 0 Å². The monoisotopic (exact) mass is 396 g/mol. The second-order valence-corrected chi connectivity index (χ2v) is 6.39. The van der Waals surface area contributed by atoms with E-state index in [-0.39, 0.29) is 5.91 Å². The summed E-state index contributed by atoms with van der Waals surface area (Å²) in [6.45, 7) is 5.90. The Morgan fingerprint density at radius 2 is 1.92 bits per heavy atom. The fourth-order valence-corrected chi connectivity index (χ4v) is 2.74. The van der Waals surface area contributed by atoms with E-state index >= 15 is 0 Å². The second-order valence-electron chi connectivity index (χ2n) is 5.47. The van der Waals surface area contributed by atoms with Gasteiger partial charge in [0, 0.05) is 10.0 Å². The van der Waals surface area contributed by atoms with Crippen LogP contribution in [0, 0.1) is 0 Å². The first kappa shape index (κ1) is 17.2. The van der Waals surface area contributed by atoms with Gasteiger partial charge in [0.15, 0.2) is 0 Å². The molecule has 0 aliphatic carbocycles. The lowest BCUT2D eigenvalue weighted by Gasteiger charge is -2.12. The molecule has 1 aliphatic heterocycles. The molecule has 4 nitrogen and oxygen atoms in total. The number of benzene rings is 2. The smallest absolute Gasteiger partial charge is 0.280 e. The molecule has 25 heavy (non-hydrogen) atoms. The van der Waals surface area contributed by atoms with E-state index in [0.29, 0.717) is 23.6 Å². The maximum Gasteiger partial charge on any atom is 0.280 e. The molecule has 0 N–H and O–H groups in total. The van der Waals surface area contributed by atoms with Crippen LogP contribution in [0.5, 0.6) is 5.75 Å². The van der Waals surface area contributed by atoms with Gasteiger partial charge in [-0.05, 0) is 43.3 Å². The largest absolute Gasteiger partial charge is 0.489 e. The summed E-state index contributed by atoms with van der Waals surface area (Å²) in [5, 5.41) is 5.82. The number of carbonyl (C=O) groups is 1. The lowest BCUT2D eigenvalue weighted by Crippen LogP contribution is -2.21. The summed E-state index contributed by atoms with van der Waals surface area (Å²) in [5.41, 5.74) is 2.79. The summed E-state index contributed by atoms with van der Waals surface area (Å²) in [4.78, 5) is 12.8. The zero-order valence-corrected chi connectivity index (χ0v) is 15.4. The first-order valence-electron chi connectivity index (χ1n) is 7.80. The van der Waals surface area contributed by atoms with Crippen LogP contribution < -0.4 is 9.75 Å². The number of nitrogens with zero attached hydrogens (tertiary/aromatic N) is 2. The van der Waals surface area contributed by atoms with Crippen molar-refractivity contribution in [2.24, 2.45) is 5.10 Å². The molecule has 0 atom stereocenters. The normalized spacial score (nSPS) is 15.4. The molecule has 0 saturated heterocycles. The molecular formula is C20H17BrN2O2. The number of anilines is 1. The number of halogens is 1. The Bertz CT molecular complexity index is 870. The molecule has 0 fully saturated rings. The standard InChI is InChI=1S/C20H17BrN2O2/c1-3-12-25-19-7-5-4-6-15(19)13-18-14(2)22-23(20(18)24)17-10-8-16(21)9-11-17/h3-11,13H,1,12H2,2H3. The zero-order chi connectivity index (χ0) is 17.8. The van der Waals surface area contributed by atoms with E-state index in [4.69, 9.17) is 4.74 Å². The first-order chi connectivity index (χ1) is 12.1. The zero-order valence-electron chi connectivity index (χ0n) is 13.8.